The zero-order valence-electron chi connectivity index (χ0n) is 10.5. The Kier molecular flexibility index (Phi) is 3.81. The standard InChI is InChI=1S/C16H18N/c1-17(2)16-12-10-15(11-13-16)9-8-14-6-4-3-5-7-14/h3-4,6-7,10-13H,8-9H2,1-2H3. The third-order valence-electron chi connectivity index (χ3n) is 2.93. The number of nitrogens with zero attached hydrogens (tertiary/aromatic N) is 1. The zero-order valence-corrected chi connectivity index (χ0v) is 10.5. The smallest absolute Gasteiger partial charge is 0.0361 e. The second-order valence-corrected chi connectivity index (χ2v) is 4.47. The number of hydrogen-bond donors (Lipinski definition) is 0. The van der Waals surface area contributed by atoms with Gasteiger partial charge in [-0.15, -0.1) is 0 Å². The highest BCUT2D eigenvalue weighted by atomic mass is 15.1. The lowest BCUT2D eigenvalue weighted by atomic mass is 10.0. The van der Waals surface area contributed by atoms with Gasteiger partial charge in [-0.1, -0.05) is 36.4 Å². The van der Waals surface area contributed by atoms with E-state index in [-0.39, 0.29) is 0 Å². The van der Waals surface area contributed by atoms with Crippen LogP contribution in [-0.2, 0) is 12.8 Å². The fourth-order valence-electron chi connectivity index (χ4n) is 1.84. The van der Waals surface area contributed by atoms with Crippen molar-refractivity contribution in [3.8, 4) is 0 Å². The van der Waals surface area contributed by atoms with Crippen LogP contribution in [0.3, 0.4) is 0 Å². The Morgan fingerprint density at radius 3 is 2.24 bits per heavy atom. The molecule has 1 radical (unpaired) electrons. The first-order chi connectivity index (χ1) is 8.25. The molecule has 0 aliphatic rings. The molecule has 0 fully saturated rings. The molecule has 0 aliphatic heterocycles. The molecule has 0 aliphatic carbocycles. The second kappa shape index (κ2) is 5.53. The summed E-state index contributed by atoms with van der Waals surface area (Å²) in [6, 6.07) is 20.1. The van der Waals surface area contributed by atoms with E-state index in [1.54, 1.807) is 0 Å². The lowest BCUT2D eigenvalue weighted by Gasteiger charge is -2.12. The summed E-state index contributed by atoms with van der Waals surface area (Å²) in [6.07, 6.45) is 2.17. The summed E-state index contributed by atoms with van der Waals surface area (Å²) in [5.74, 6) is 0. The molecule has 17 heavy (non-hydrogen) atoms. The highest BCUT2D eigenvalue weighted by Crippen LogP contribution is 2.14. The first-order valence-electron chi connectivity index (χ1n) is 5.97. The van der Waals surface area contributed by atoms with E-state index in [0.717, 1.165) is 12.8 Å². The summed E-state index contributed by atoms with van der Waals surface area (Å²) >= 11 is 0. The first-order valence-corrected chi connectivity index (χ1v) is 5.97. The molecule has 0 aromatic heterocycles. The minimum atomic E-state index is 1.08. The normalized spacial score (nSPS) is 10.2. The fourth-order valence-corrected chi connectivity index (χ4v) is 1.84. The van der Waals surface area contributed by atoms with Crippen LogP contribution in [0, 0.1) is 6.07 Å². The van der Waals surface area contributed by atoms with Crippen LogP contribution in [0.1, 0.15) is 11.1 Å². The van der Waals surface area contributed by atoms with Gasteiger partial charge >= 0.3 is 0 Å². The van der Waals surface area contributed by atoms with Crippen LogP contribution in [0.2, 0.25) is 0 Å². The van der Waals surface area contributed by atoms with E-state index in [2.05, 4.69) is 61.5 Å². The Balaban J connectivity index is 1.96. The third-order valence-corrected chi connectivity index (χ3v) is 2.93. The van der Waals surface area contributed by atoms with E-state index in [1.165, 1.54) is 16.8 Å². The fraction of sp³-hybridized carbons (Fsp3) is 0.250. The third kappa shape index (κ3) is 3.35. The molecule has 1 nitrogen and oxygen atoms in total. The van der Waals surface area contributed by atoms with Crippen LogP contribution < -0.4 is 4.90 Å². The molecule has 0 atom stereocenters. The van der Waals surface area contributed by atoms with Crippen LogP contribution in [0.25, 0.3) is 0 Å². The van der Waals surface area contributed by atoms with E-state index in [1.807, 2.05) is 12.1 Å². The van der Waals surface area contributed by atoms with Crippen LogP contribution in [0.5, 0.6) is 0 Å². The van der Waals surface area contributed by atoms with Gasteiger partial charge in [0.05, 0.1) is 0 Å². The van der Waals surface area contributed by atoms with E-state index in [9.17, 15) is 0 Å². The molecule has 2 aromatic carbocycles. The molecular formula is C16H18N. The predicted molar refractivity (Wildman–Crippen MR) is 73.5 cm³/mol. The van der Waals surface area contributed by atoms with Crippen molar-refractivity contribution in [3.05, 3.63) is 65.7 Å². The van der Waals surface area contributed by atoms with Crippen molar-refractivity contribution >= 4 is 5.69 Å². The quantitative estimate of drug-likeness (QED) is 0.770. The van der Waals surface area contributed by atoms with Gasteiger partial charge in [0.1, 0.15) is 0 Å². The lowest BCUT2D eigenvalue weighted by Crippen LogP contribution is -2.08. The Hall–Kier alpha value is -1.76. The van der Waals surface area contributed by atoms with Crippen molar-refractivity contribution in [2.24, 2.45) is 0 Å². The minimum Gasteiger partial charge on any atom is -0.378 e. The van der Waals surface area contributed by atoms with Crippen molar-refractivity contribution in [1.29, 1.82) is 0 Å². The molecule has 0 bridgehead atoms. The van der Waals surface area contributed by atoms with Gasteiger partial charge in [0.25, 0.3) is 0 Å². The van der Waals surface area contributed by atoms with E-state index >= 15 is 0 Å². The van der Waals surface area contributed by atoms with Crippen LogP contribution in [0.15, 0.2) is 48.5 Å². The van der Waals surface area contributed by atoms with Gasteiger partial charge in [-0.2, -0.15) is 0 Å². The maximum atomic E-state index is 3.11. The van der Waals surface area contributed by atoms with E-state index < -0.39 is 0 Å². The average Bonchev–Trinajstić information content (AvgIpc) is 2.38. The largest absolute Gasteiger partial charge is 0.378 e. The van der Waals surface area contributed by atoms with Crippen molar-refractivity contribution in [2.75, 3.05) is 19.0 Å². The van der Waals surface area contributed by atoms with Gasteiger partial charge in [0.2, 0.25) is 0 Å². The second-order valence-electron chi connectivity index (χ2n) is 4.47. The van der Waals surface area contributed by atoms with Crippen molar-refractivity contribution in [1.82, 2.24) is 0 Å². The summed E-state index contributed by atoms with van der Waals surface area (Å²) in [4.78, 5) is 2.12. The monoisotopic (exact) mass is 224 g/mol. The molecule has 2 rings (SSSR count). The zero-order chi connectivity index (χ0) is 12.1. The molecular weight excluding hydrogens is 206 g/mol. The number of benzene rings is 2. The predicted octanol–water partition coefficient (Wildman–Crippen LogP) is 3.34. The van der Waals surface area contributed by atoms with Crippen LogP contribution in [-0.4, -0.2) is 14.1 Å². The summed E-state index contributed by atoms with van der Waals surface area (Å²) in [5, 5.41) is 0. The van der Waals surface area contributed by atoms with Gasteiger partial charge < -0.3 is 4.90 Å². The summed E-state index contributed by atoms with van der Waals surface area (Å²) in [5.41, 5.74) is 3.99. The summed E-state index contributed by atoms with van der Waals surface area (Å²) in [6.45, 7) is 0. The average molecular weight is 224 g/mol. The van der Waals surface area contributed by atoms with Gasteiger partial charge in [-0.05, 0) is 42.2 Å². The molecule has 0 amide bonds. The van der Waals surface area contributed by atoms with E-state index in [0.29, 0.717) is 0 Å². The Morgan fingerprint density at radius 2 is 1.65 bits per heavy atom. The Bertz CT molecular complexity index is 443. The molecule has 0 saturated carbocycles. The molecule has 0 heterocycles. The van der Waals surface area contributed by atoms with Gasteiger partial charge in [-0.3, -0.25) is 0 Å². The molecule has 0 unspecified atom stereocenters. The number of aryl methyl sites for hydroxylation is 2. The Labute approximate surface area is 104 Å². The molecule has 0 N–H and O–H groups in total. The highest BCUT2D eigenvalue weighted by molar-refractivity contribution is 5.46. The van der Waals surface area contributed by atoms with Crippen molar-refractivity contribution in [3.63, 3.8) is 0 Å². The first kappa shape index (κ1) is 11.7. The van der Waals surface area contributed by atoms with Gasteiger partial charge in [-0.25, -0.2) is 0 Å². The van der Waals surface area contributed by atoms with Crippen LogP contribution >= 0.6 is 0 Å². The summed E-state index contributed by atoms with van der Waals surface area (Å²) < 4.78 is 0. The molecule has 87 valence electrons. The lowest BCUT2D eigenvalue weighted by molar-refractivity contribution is 0.958. The van der Waals surface area contributed by atoms with Crippen molar-refractivity contribution in [2.45, 2.75) is 12.8 Å². The van der Waals surface area contributed by atoms with Gasteiger partial charge in [0.15, 0.2) is 0 Å². The van der Waals surface area contributed by atoms with Crippen molar-refractivity contribution < 1.29 is 0 Å². The summed E-state index contributed by atoms with van der Waals surface area (Å²) in [7, 11) is 4.13. The molecule has 0 saturated heterocycles. The topological polar surface area (TPSA) is 3.24 Å². The van der Waals surface area contributed by atoms with Crippen LogP contribution in [0.4, 0.5) is 5.69 Å². The molecule has 1 heteroatoms. The number of anilines is 1. The Morgan fingerprint density at radius 1 is 0.941 bits per heavy atom. The van der Waals surface area contributed by atoms with Gasteiger partial charge in [0, 0.05) is 19.8 Å². The maximum absolute atomic E-state index is 3.11. The van der Waals surface area contributed by atoms with E-state index in [4.69, 9.17) is 0 Å². The SMILES string of the molecule is CN(C)c1ccc(CCc2c[c]ccc2)cc1. The minimum absolute atomic E-state index is 1.08. The number of rotatable bonds is 4. The number of hydrogen-bond acceptors (Lipinski definition) is 1. The molecule has 0 spiro atoms. The highest BCUT2D eigenvalue weighted by Gasteiger charge is 1.97. The maximum Gasteiger partial charge on any atom is 0.0361 e. The molecule has 2 aromatic rings.